The Bertz CT molecular complexity index is 256. The minimum atomic E-state index is 0.507. The summed E-state index contributed by atoms with van der Waals surface area (Å²) in [6.07, 6.45) is 6.21. The highest BCUT2D eigenvalue weighted by atomic mass is 16.5. The molecule has 0 unspecified atom stereocenters. The fraction of sp³-hybridized carbons (Fsp3) is 0.727. The third kappa shape index (κ3) is 3.14. The second-order valence-electron chi connectivity index (χ2n) is 3.83. The lowest BCUT2D eigenvalue weighted by molar-refractivity contribution is 0.191. The largest absolute Gasteiger partial charge is 0.385 e. The van der Waals surface area contributed by atoms with Gasteiger partial charge in [-0.15, -0.1) is 0 Å². The number of aryl methyl sites for hydroxylation is 1. The number of imidazole rings is 1. The third-order valence-electron chi connectivity index (χ3n) is 2.26. The lowest BCUT2D eigenvalue weighted by atomic mass is 10.2. The fourth-order valence-corrected chi connectivity index (χ4v) is 1.54. The van der Waals surface area contributed by atoms with Gasteiger partial charge in [0.25, 0.3) is 0 Å². The summed E-state index contributed by atoms with van der Waals surface area (Å²) >= 11 is 0. The van der Waals surface area contributed by atoms with E-state index >= 15 is 0 Å². The molecule has 0 aliphatic heterocycles. The Labute approximate surface area is 86.1 Å². The van der Waals surface area contributed by atoms with Gasteiger partial charge < -0.3 is 9.30 Å². The zero-order valence-electron chi connectivity index (χ0n) is 9.36. The van der Waals surface area contributed by atoms with Crippen LogP contribution in [0, 0.1) is 0 Å². The smallest absolute Gasteiger partial charge is 0.111 e. The molecular weight excluding hydrogens is 176 g/mol. The number of ether oxygens (including phenoxy) is 1. The van der Waals surface area contributed by atoms with Gasteiger partial charge in [-0.3, -0.25) is 0 Å². The van der Waals surface area contributed by atoms with E-state index in [1.807, 2.05) is 6.20 Å². The van der Waals surface area contributed by atoms with Gasteiger partial charge in [0.15, 0.2) is 0 Å². The van der Waals surface area contributed by atoms with Gasteiger partial charge in [-0.1, -0.05) is 13.8 Å². The highest BCUT2D eigenvalue weighted by Crippen LogP contribution is 2.12. The van der Waals surface area contributed by atoms with Gasteiger partial charge in [0.2, 0.25) is 0 Å². The molecule has 0 saturated carbocycles. The molecule has 0 N–H and O–H groups in total. The molecule has 0 radical (unpaired) electrons. The van der Waals surface area contributed by atoms with Crippen LogP contribution in [0.5, 0.6) is 0 Å². The Balaban J connectivity index is 2.38. The molecule has 0 spiro atoms. The molecule has 0 bridgehead atoms. The van der Waals surface area contributed by atoms with E-state index in [4.69, 9.17) is 4.74 Å². The van der Waals surface area contributed by atoms with Gasteiger partial charge in [-0.2, -0.15) is 0 Å². The predicted octanol–water partition coefficient (Wildman–Crippen LogP) is 2.43. The van der Waals surface area contributed by atoms with Gasteiger partial charge in [0, 0.05) is 38.6 Å². The number of unbranched alkanes of at least 4 members (excludes halogenated alkanes) is 1. The number of nitrogens with zero attached hydrogens (tertiary/aromatic N) is 2. The summed E-state index contributed by atoms with van der Waals surface area (Å²) in [5.74, 6) is 1.69. The van der Waals surface area contributed by atoms with Crippen LogP contribution in [0.15, 0.2) is 12.4 Å². The maximum atomic E-state index is 5.01. The zero-order chi connectivity index (χ0) is 10.4. The van der Waals surface area contributed by atoms with Crippen LogP contribution in [0.3, 0.4) is 0 Å². The van der Waals surface area contributed by atoms with E-state index in [0.717, 1.165) is 26.0 Å². The van der Waals surface area contributed by atoms with Crippen LogP contribution in [0.2, 0.25) is 0 Å². The van der Waals surface area contributed by atoms with Crippen LogP contribution in [0.4, 0.5) is 0 Å². The Kier molecular flexibility index (Phi) is 4.66. The van der Waals surface area contributed by atoms with E-state index in [1.54, 1.807) is 7.11 Å². The van der Waals surface area contributed by atoms with Crippen molar-refractivity contribution in [3.05, 3.63) is 18.2 Å². The Morgan fingerprint density at radius 1 is 1.43 bits per heavy atom. The van der Waals surface area contributed by atoms with E-state index < -0.39 is 0 Å². The molecule has 0 aliphatic carbocycles. The van der Waals surface area contributed by atoms with Crippen LogP contribution in [-0.2, 0) is 11.3 Å². The van der Waals surface area contributed by atoms with E-state index in [9.17, 15) is 0 Å². The first-order chi connectivity index (χ1) is 6.75. The highest BCUT2D eigenvalue weighted by Gasteiger charge is 2.05. The highest BCUT2D eigenvalue weighted by molar-refractivity contribution is 4.97. The van der Waals surface area contributed by atoms with Crippen LogP contribution < -0.4 is 0 Å². The van der Waals surface area contributed by atoms with Crippen LogP contribution in [0.1, 0.15) is 38.4 Å². The molecule has 14 heavy (non-hydrogen) atoms. The van der Waals surface area contributed by atoms with E-state index in [2.05, 4.69) is 29.6 Å². The third-order valence-corrected chi connectivity index (χ3v) is 2.26. The van der Waals surface area contributed by atoms with E-state index in [0.29, 0.717) is 5.92 Å². The molecule has 0 aliphatic rings. The lowest BCUT2D eigenvalue weighted by Crippen LogP contribution is -2.05. The van der Waals surface area contributed by atoms with Crippen molar-refractivity contribution < 1.29 is 4.74 Å². The SMILES string of the molecule is COCCCCn1ccnc1C(C)C. The van der Waals surface area contributed by atoms with Gasteiger partial charge in [0.05, 0.1) is 0 Å². The first-order valence-corrected chi connectivity index (χ1v) is 5.25. The molecular formula is C11H20N2O. The molecule has 1 aromatic heterocycles. The predicted molar refractivity (Wildman–Crippen MR) is 57.4 cm³/mol. The van der Waals surface area contributed by atoms with Gasteiger partial charge in [-0.25, -0.2) is 4.98 Å². The maximum Gasteiger partial charge on any atom is 0.111 e. The van der Waals surface area contributed by atoms with Crippen molar-refractivity contribution in [3.63, 3.8) is 0 Å². The molecule has 3 nitrogen and oxygen atoms in total. The molecule has 0 aromatic carbocycles. The zero-order valence-corrected chi connectivity index (χ0v) is 9.36. The summed E-state index contributed by atoms with van der Waals surface area (Å²) < 4.78 is 7.25. The van der Waals surface area contributed by atoms with E-state index in [1.165, 1.54) is 5.82 Å². The fourth-order valence-electron chi connectivity index (χ4n) is 1.54. The van der Waals surface area contributed by atoms with Crippen LogP contribution in [-0.4, -0.2) is 23.3 Å². The first-order valence-electron chi connectivity index (χ1n) is 5.25. The summed E-state index contributed by atoms with van der Waals surface area (Å²) in [7, 11) is 1.75. The molecule has 1 aromatic rings. The van der Waals surface area contributed by atoms with Gasteiger partial charge in [-0.05, 0) is 12.8 Å². The number of aromatic nitrogens is 2. The van der Waals surface area contributed by atoms with Crippen LogP contribution >= 0.6 is 0 Å². The van der Waals surface area contributed by atoms with Gasteiger partial charge in [0.1, 0.15) is 5.82 Å². The summed E-state index contributed by atoms with van der Waals surface area (Å²) in [4.78, 5) is 4.35. The Morgan fingerprint density at radius 3 is 2.86 bits per heavy atom. The molecule has 0 saturated heterocycles. The van der Waals surface area contributed by atoms with Crippen molar-refractivity contribution in [2.45, 2.75) is 39.2 Å². The molecule has 1 rings (SSSR count). The molecule has 0 amide bonds. The minimum Gasteiger partial charge on any atom is -0.385 e. The lowest BCUT2D eigenvalue weighted by Gasteiger charge is -2.09. The van der Waals surface area contributed by atoms with Gasteiger partial charge >= 0.3 is 0 Å². The monoisotopic (exact) mass is 196 g/mol. The molecule has 0 fully saturated rings. The summed E-state index contributed by atoms with van der Waals surface area (Å²) in [6.45, 7) is 6.25. The number of hydrogen-bond donors (Lipinski definition) is 0. The number of hydrogen-bond acceptors (Lipinski definition) is 2. The first kappa shape index (κ1) is 11.2. The Morgan fingerprint density at radius 2 is 2.21 bits per heavy atom. The average molecular weight is 196 g/mol. The summed E-state index contributed by atoms with van der Waals surface area (Å²) in [5.41, 5.74) is 0. The van der Waals surface area contributed by atoms with Crippen LogP contribution in [0.25, 0.3) is 0 Å². The van der Waals surface area contributed by atoms with Crippen molar-refractivity contribution in [1.82, 2.24) is 9.55 Å². The average Bonchev–Trinajstić information content (AvgIpc) is 2.60. The number of methoxy groups -OCH3 is 1. The van der Waals surface area contributed by atoms with Crippen molar-refractivity contribution in [3.8, 4) is 0 Å². The number of rotatable bonds is 6. The minimum absolute atomic E-state index is 0.507. The Hall–Kier alpha value is -0.830. The van der Waals surface area contributed by atoms with Crippen molar-refractivity contribution in [2.24, 2.45) is 0 Å². The topological polar surface area (TPSA) is 27.1 Å². The molecule has 3 heteroatoms. The summed E-state index contributed by atoms with van der Waals surface area (Å²) in [5, 5.41) is 0. The second-order valence-corrected chi connectivity index (χ2v) is 3.83. The standard InChI is InChI=1S/C11H20N2O/c1-10(2)11-12-6-8-13(11)7-4-5-9-14-3/h6,8,10H,4-5,7,9H2,1-3H3. The normalized spacial score (nSPS) is 11.1. The second kappa shape index (κ2) is 5.81. The molecule has 0 atom stereocenters. The summed E-state index contributed by atoms with van der Waals surface area (Å²) in [6, 6.07) is 0. The maximum absolute atomic E-state index is 5.01. The molecule has 80 valence electrons. The quantitative estimate of drug-likeness (QED) is 0.653. The van der Waals surface area contributed by atoms with E-state index in [-0.39, 0.29) is 0 Å². The van der Waals surface area contributed by atoms with Crippen molar-refractivity contribution in [2.75, 3.05) is 13.7 Å². The van der Waals surface area contributed by atoms with Crippen molar-refractivity contribution in [1.29, 1.82) is 0 Å². The molecule has 1 heterocycles. The van der Waals surface area contributed by atoms with Crippen molar-refractivity contribution >= 4 is 0 Å².